The van der Waals surface area contributed by atoms with E-state index >= 15 is 0 Å². The molecule has 1 aromatic heterocycles. The molecular formula is C27H24N3OS+. The van der Waals surface area contributed by atoms with Crippen molar-refractivity contribution in [3.8, 4) is 0 Å². The summed E-state index contributed by atoms with van der Waals surface area (Å²) >= 11 is 1.73. The molecular weight excluding hydrogens is 414 g/mol. The molecule has 5 rings (SSSR count). The van der Waals surface area contributed by atoms with E-state index in [4.69, 9.17) is 5.73 Å². The van der Waals surface area contributed by atoms with E-state index in [0.717, 1.165) is 22.8 Å². The van der Waals surface area contributed by atoms with Gasteiger partial charge in [0.2, 0.25) is 11.4 Å². The molecule has 0 saturated heterocycles. The summed E-state index contributed by atoms with van der Waals surface area (Å²) < 4.78 is 2.29. The summed E-state index contributed by atoms with van der Waals surface area (Å²) in [5.41, 5.74) is 10.2. The van der Waals surface area contributed by atoms with E-state index in [0.29, 0.717) is 13.0 Å². The molecule has 0 radical (unpaired) electrons. The second kappa shape index (κ2) is 8.89. The summed E-state index contributed by atoms with van der Waals surface area (Å²) in [4.78, 5) is 14.9. The molecule has 4 aromatic rings. The van der Waals surface area contributed by atoms with Crippen LogP contribution in [0.15, 0.2) is 101 Å². The maximum Gasteiger partial charge on any atom is 0.219 e. The number of rotatable bonds is 6. The van der Waals surface area contributed by atoms with Crippen molar-refractivity contribution in [2.75, 3.05) is 11.4 Å². The summed E-state index contributed by atoms with van der Waals surface area (Å²) in [6.07, 6.45) is 4.70. The second-order valence-corrected chi connectivity index (χ2v) is 8.88. The molecule has 0 saturated carbocycles. The third-order valence-electron chi connectivity index (χ3n) is 5.65. The van der Waals surface area contributed by atoms with Crippen LogP contribution >= 0.6 is 11.8 Å². The monoisotopic (exact) mass is 438 g/mol. The zero-order chi connectivity index (χ0) is 21.9. The molecule has 3 aromatic carbocycles. The van der Waals surface area contributed by atoms with Crippen molar-refractivity contribution in [3.05, 3.63) is 107 Å². The standard InChI is InChI=1S/C27H23N3OS/c28-26(31)15-17-30-24-12-6-7-13-25(24)32-27(30)18-21-14-16-29(19-20-8-2-1-3-9-20)23-11-5-4-10-22(21)23/h1-14,16,18H,15,17,19H2,(H-,28,31)/p+1. The van der Waals surface area contributed by atoms with Gasteiger partial charge in [-0.3, -0.25) is 4.79 Å². The maximum atomic E-state index is 11.5. The molecule has 1 aliphatic heterocycles. The Morgan fingerprint density at radius 1 is 0.938 bits per heavy atom. The van der Waals surface area contributed by atoms with Crippen molar-refractivity contribution < 1.29 is 9.36 Å². The summed E-state index contributed by atoms with van der Waals surface area (Å²) in [5.74, 6) is -0.286. The summed E-state index contributed by atoms with van der Waals surface area (Å²) in [6.45, 7) is 1.40. The summed E-state index contributed by atoms with van der Waals surface area (Å²) in [6, 6.07) is 29.5. The number of primary amides is 1. The van der Waals surface area contributed by atoms with E-state index in [1.54, 1.807) is 11.8 Å². The Hall–Kier alpha value is -3.57. The Balaban J connectivity index is 1.54. The molecule has 0 aliphatic carbocycles. The van der Waals surface area contributed by atoms with Crippen LogP contribution in [0.1, 0.15) is 17.5 Å². The van der Waals surface area contributed by atoms with Gasteiger partial charge in [0.25, 0.3) is 0 Å². The Morgan fingerprint density at radius 2 is 1.69 bits per heavy atom. The topological polar surface area (TPSA) is 50.2 Å². The number of aromatic nitrogens is 1. The number of anilines is 1. The van der Waals surface area contributed by atoms with Crippen LogP contribution in [0.4, 0.5) is 5.69 Å². The largest absolute Gasteiger partial charge is 0.370 e. The van der Waals surface area contributed by atoms with Crippen LogP contribution in [-0.2, 0) is 11.3 Å². The van der Waals surface area contributed by atoms with Gasteiger partial charge < -0.3 is 10.6 Å². The van der Waals surface area contributed by atoms with Gasteiger partial charge in [-0.05, 0) is 29.8 Å². The number of fused-ring (bicyclic) bond motifs is 2. The van der Waals surface area contributed by atoms with Crippen molar-refractivity contribution in [1.82, 2.24) is 0 Å². The number of benzene rings is 3. The van der Waals surface area contributed by atoms with Gasteiger partial charge in [0.05, 0.1) is 16.1 Å². The number of hydrogen-bond acceptors (Lipinski definition) is 3. The first-order chi connectivity index (χ1) is 15.7. The number of amides is 1. The molecule has 1 amide bonds. The zero-order valence-corrected chi connectivity index (χ0v) is 18.5. The fourth-order valence-corrected chi connectivity index (χ4v) is 5.24. The lowest BCUT2D eigenvalue weighted by atomic mass is 10.1. The zero-order valence-electron chi connectivity index (χ0n) is 17.6. The number of nitrogens with zero attached hydrogens (tertiary/aromatic N) is 2. The molecule has 5 heteroatoms. The quantitative estimate of drug-likeness (QED) is 0.433. The fourth-order valence-electron chi connectivity index (χ4n) is 4.10. The number of carbonyl (C=O) groups excluding carboxylic acids is 1. The molecule has 0 unspecified atom stereocenters. The van der Waals surface area contributed by atoms with Crippen molar-refractivity contribution in [3.63, 3.8) is 0 Å². The van der Waals surface area contributed by atoms with Gasteiger partial charge >= 0.3 is 0 Å². The first kappa shape index (κ1) is 20.3. The molecule has 1 aliphatic rings. The lowest BCUT2D eigenvalue weighted by Crippen LogP contribution is -2.34. The molecule has 0 fully saturated rings. The van der Waals surface area contributed by atoms with Crippen LogP contribution in [0.3, 0.4) is 0 Å². The molecule has 0 spiro atoms. The highest BCUT2D eigenvalue weighted by Gasteiger charge is 2.25. The highest BCUT2D eigenvalue weighted by molar-refractivity contribution is 8.03. The summed E-state index contributed by atoms with van der Waals surface area (Å²) in [5, 5.41) is 2.31. The number of nitrogens with two attached hydrogens (primary N) is 1. The average molecular weight is 439 g/mol. The Kier molecular flexibility index (Phi) is 5.65. The number of para-hydroxylation sites is 2. The fraction of sp³-hybridized carbons (Fsp3) is 0.111. The molecule has 32 heavy (non-hydrogen) atoms. The number of thioether (sulfide) groups is 1. The first-order valence-corrected chi connectivity index (χ1v) is 11.5. The minimum absolute atomic E-state index is 0.286. The highest BCUT2D eigenvalue weighted by Crippen LogP contribution is 2.46. The Labute approximate surface area is 192 Å². The molecule has 0 atom stereocenters. The van der Waals surface area contributed by atoms with Crippen molar-refractivity contribution in [1.29, 1.82) is 0 Å². The number of pyridine rings is 1. The molecule has 158 valence electrons. The van der Waals surface area contributed by atoms with Crippen LogP contribution in [-0.4, -0.2) is 12.5 Å². The van der Waals surface area contributed by atoms with Gasteiger partial charge in [0.1, 0.15) is 0 Å². The molecule has 2 heterocycles. The van der Waals surface area contributed by atoms with Gasteiger partial charge in [-0.1, -0.05) is 66.4 Å². The van der Waals surface area contributed by atoms with E-state index in [9.17, 15) is 4.79 Å². The predicted octanol–water partition coefficient (Wildman–Crippen LogP) is 4.96. The Morgan fingerprint density at radius 3 is 2.53 bits per heavy atom. The second-order valence-electron chi connectivity index (χ2n) is 7.82. The van der Waals surface area contributed by atoms with Gasteiger partial charge in [0.15, 0.2) is 12.7 Å². The molecule has 2 N–H and O–H groups in total. The van der Waals surface area contributed by atoms with E-state index in [1.807, 2.05) is 18.2 Å². The Bertz CT molecular complexity index is 1320. The van der Waals surface area contributed by atoms with Crippen LogP contribution in [0.5, 0.6) is 0 Å². The molecule has 0 bridgehead atoms. The molecule has 4 nitrogen and oxygen atoms in total. The minimum Gasteiger partial charge on any atom is -0.370 e. The number of hydrogen-bond donors (Lipinski definition) is 1. The first-order valence-electron chi connectivity index (χ1n) is 10.7. The van der Waals surface area contributed by atoms with Crippen LogP contribution in [0, 0.1) is 0 Å². The van der Waals surface area contributed by atoms with E-state index in [-0.39, 0.29) is 5.91 Å². The van der Waals surface area contributed by atoms with Crippen LogP contribution in [0.2, 0.25) is 0 Å². The van der Waals surface area contributed by atoms with E-state index in [1.165, 1.54) is 21.4 Å². The van der Waals surface area contributed by atoms with Crippen molar-refractivity contribution >= 4 is 40.3 Å². The van der Waals surface area contributed by atoms with E-state index in [2.05, 4.69) is 88.5 Å². The SMILES string of the molecule is NC(=O)CCN1C(=Cc2cc[n+](Cc3ccccc3)c3ccccc23)Sc2ccccc21. The lowest BCUT2D eigenvalue weighted by Gasteiger charge is -2.20. The van der Waals surface area contributed by atoms with Crippen LogP contribution < -0.4 is 15.2 Å². The van der Waals surface area contributed by atoms with Crippen molar-refractivity contribution in [2.24, 2.45) is 5.73 Å². The average Bonchev–Trinajstić information content (AvgIpc) is 3.17. The minimum atomic E-state index is -0.286. The third kappa shape index (κ3) is 4.12. The van der Waals surface area contributed by atoms with E-state index < -0.39 is 0 Å². The van der Waals surface area contributed by atoms with Crippen molar-refractivity contribution in [2.45, 2.75) is 17.9 Å². The summed E-state index contributed by atoms with van der Waals surface area (Å²) in [7, 11) is 0. The highest BCUT2D eigenvalue weighted by atomic mass is 32.2. The predicted molar refractivity (Wildman–Crippen MR) is 131 cm³/mol. The van der Waals surface area contributed by atoms with Crippen LogP contribution in [0.25, 0.3) is 17.0 Å². The third-order valence-corrected chi connectivity index (χ3v) is 6.76. The normalized spacial score (nSPS) is 14.1. The van der Waals surface area contributed by atoms with Gasteiger partial charge in [0, 0.05) is 35.6 Å². The van der Waals surface area contributed by atoms with Gasteiger partial charge in [-0.15, -0.1) is 0 Å². The lowest BCUT2D eigenvalue weighted by molar-refractivity contribution is -0.662. The smallest absolute Gasteiger partial charge is 0.219 e. The van der Waals surface area contributed by atoms with Gasteiger partial charge in [-0.2, -0.15) is 4.57 Å². The maximum absolute atomic E-state index is 11.5. The number of carbonyl (C=O) groups is 1. The van der Waals surface area contributed by atoms with Gasteiger partial charge in [-0.25, -0.2) is 0 Å².